The Kier molecular flexibility index (Phi) is 4.83. The smallest absolute Gasteiger partial charge is 0.0457 e. The first-order chi connectivity index (χ1) is 8.93. The first kappa shape index (κ1) is 15.6. The van der Waals surface area contributed by atoms with Crippen molar-refractivity contribution >= 4 is 31.9 Å². The number of hydrogen-bond acceptors (Lipinski definition) is 0. The SMILES string of the molecule is CCC1(C(Br)c2c(C)cc(C)c(Br)c2C)CCCC1. The van der Waals surface area contributed by atoms with Crippen LogP contribution in [0.15, 0.2) is 10.5 Å². The maximum Gasteiger partial charge on any atom is 0.0457 e. The molecule has 1 atom stereocenters. The van der Waals surface area contributed by atoms with E-state index in [0.717, 1.165) is 0 Å². The Morgan fingerprint density at radius 2 is 1.74 bits per heavy atom. The minimum Gasteiger partial charge on any atom is -0.0832 e. The van der Waals surface area contributed by atoms with Crippen molar-refractivity contribution < 1.29 is 0 Å². The molecule has 2 heteroatoms. The monoisotopic (exact) mass is 386 g/mol. The molecule has 1 aliphatic rings. The van der Waals surface area contributed by atoms with Crippen LogP contribution in [0.3, 0.4) is 0 Å². The fraction of sp³-hybridized carbons (Fsp3) is 0.647. The van der Waals surface area contributed by atoms with Gasteiger partial charge in [-0.3, -0.25) is 0 Å². The first-order valence-corrected chi connectivity index (χ1v) is 9.04. The van der Waals surface area contributed by atoms with Gasteiger partial charge in [0, 0.05) is 9.30 Å². The van der Waals surface area contributed by atoms with Gasteiger partial charge in [0.1, 0.15) is 0 Å². The highest BCUT2D eigenvalue weighted by Crippen LogP contribution is 2.55. The van der Waals surface area contributed by atoms with Crippen LogP contribution in [0.1, 0.15) is 66.1 Å². The molecular formula is C17H24Br2. The van der Waals surface area contributed by atoms with Crippen molar-refractivity contribution in [3.8, 4) is 0 Å². The van der Waals surface area contributed by atoms with E-state index in [2.05, 4.69) is 65.6 Å². The van der Waals surface area contributed by atoms with Crippen LogP contribution in [-0.4, -0.2) is 0 Å². The summed E-state index contributed by atoms with van der Waals surface area (Å²) in [7, 11) is 0. The normalized spacial score (nSPS) is 19.7. The van der Waals surface area contributed by atoms with Gasteiger partial charge in [-0.2, -0.15) is 0 Å². The van der Waals surface area contributed by atoms with E-state index in [0.29, 0.717) is 10.2 Å². The van der Waals surface area contributed by atoms with Gasteiger partial charge in [0.05, 0.1) is 0 Å². The van der Waals surface area contributed by atoms with Crippen LogP contribution >= 0.6 is 31.9 Å². The molecular weight excluding hydrogens is 364 g/mol. The van der Waals surface area contributed by atoms with Crippen LogP contribution in [0.25, 0.3) is 0 Å². The minimum atomic E-state index is 0.463. The summed E-state index contributed by atoms with van der Waals surface area (Å²) in [6.07, 6.45) is 6.78. The summed E-state index contributed by atoms with van der Waals surface area (Å²) in [5.74, 6) is 0. The fourth-order valence-corrected chi connectivity index (χ4v) is 5.55. The third-order valence-electron chi connectivity index (χ3n) is 5.03. The lowest BCUT2D eigenvalue weighted by Crippen LogP contribution is -2.22. The maximum absolute atomic E-state index is 4.07. The molecule has 0 nitrogen and oxygen atoms in total. The first-order valence-electron chi connectivity index (χ1n) is 7.33. The quantitative estimate of drug-likeness (QED) is 0.501. The zero-order valence-corrected chi connectivity index (χ0v) is 15.6. The van der Waals surface area contributed by atoms with Crippen molar-refractivity contribution in [2.24, 2.45) is 5.41 Å². The van der Waals surface area contributed by atoms with Gasteiger partial charge in [-0.1, -0.05) is 57.7 Å². The third kappa shape index (κ3) is 2.68. The van der Waals surface area contributed by atoms with E-state index in [-0.39, 0.29) is 0 Å². The molecule has 1 aromatic carbocycles. The van der Waals surface area contributed by atoms with Gasteiger partial charge in [-0.15, -0.1) is 0 Å². The van der Waals surface area contributed by atoms with Gasteiger partial charge >= 0.3 is 0 Å². The number of alkyl halides is 1. The van der Waals surface area contributed by atoms with Crippen molar-refractivity contribution in [1.82, 2.24) is 0 Å². The zero-order valence-electron chi connectivity index (χ0n) is 12.4. The fourth-order valence-electron chi connectivity index (χ4n) is 3.74. The van der Waals surface area contributed by atoms with E-state index in [9.17, 15) is 0 Å². The van der Waals surface area contributed by atoms with Crippen LogP contribution in [0.2, 0.25) is 0 Å². The highest BCUT2D eigenvalue weighted by atomic mass is 79.9. The van der Waals surface area contributed by atoms with Gasteiger partial charge in [0.2, 0.25) is 0 Å². The van der Waals surface area contributed by atoms with Crippen LogP contribution < -0.4 is 0 Å². The second-order valence-corrected chi connectivity index (χ2v) is 7.86. The molecule has 1 aromatic rings. The zero-order chi connectivity index (χ0) is 14.2. The Balaban J connectivity index is 2.49. The van der Waals surface area contributed by atoms with Gasteiger partial charge in [0.15, 0.2) is 0 Å². The molecule has 0 spiro atoms. The summed E-state index contributed by atoms with van der Waals surface area (Å²) in [4.78, 5) is 0.490. The van der Waals surface area contributed by atoms with Crippen molar-refractivity contribution in [1.29, 1.82) is 0 Å². The molecule has 0 radical (unpaired) electrons. The van der Waals surface area contributed by atoms with Crippen molar-refractivity contribution in [3.05, 3.63) is 32.8 Å². The Bertz CT molecular complexity index is 471. The van der Waals surface area contributed by atoms with Gasteiger partial charge in [-0.25, -0.2) is 0 Å². The predicted octanol–water partition coefficient (Wildman–Crippen LogP) is 6.78. The molecule has 0 saturated heterocycles. The molecule has 2 rings (SSSR count). The number of hydrogen-bond donors (Lipinski definition) is 0. The molecule has 1 aliphatic carbocycles. The lowest BCUT2D eigenvalue weighted by Gasteiger charge is -2.35. The summed E-state index contributed by atoms with van der Waals surface area (Å²) in [5, 5.41) is 0. The average Bonchev–Trinajstić information content (AvgIpc) is 2.86. The summed E-state index contributed by atoms with van der Waals surface area (Å²) in [5.41, 5.74) is 6.17. The van der Waals surface area contributed by atoms with E-state index in [1.165, 1.54) is 58.8 Å². The molecule has 0 aromatic heterocycles. The van der Waals surface area contributed by atoms with E-state index < -0.39 is 0 Å². The number of aryl methyl sites for hydroxylation is 2. The van der Waals surface area contributed by atoms with Crippen LogP contribution in [0.5, 0.6) is 0 Å². The summed E-state index contributed by atoms with van der Waals surface area (Å²) in [6.45, 7) is 9.05. The maximum atomic E-state index is 4.07. The molecule has 0 bridgehead atoms. The highest BCUT2D eigenvalue weighted by Gasteiger charge is 2.40. The molecule has 1 unspecified atom stereocenters. The predicted molar refractivity (Wildman–Crippen MR) is 91.2 cm³/mol. The van der Waals surface area contributed by atoms with Crippen LogP contribution in [-0.2, 0) is 0 Å². The molecule has 1 saturated carbocycles. The molecule has 19 heavy (non-hydrogen) atoms. The highest BCUT2D eigenvalue weighted by molar-refractivity contribution is 9.10. The summed E-state index contributed by atoms with van der Waals surface area (Å²) >= 11 is 7.83. The molecule has 1 fully saturated rings. The van der Waals surface area contributed by atoms with Crippen molar-refractivity contribution in [2.45, 2.75) is 64.6 Å². The second-order valence-electron chi connectivity index (χ2n) is 6.15. The lowest BCUT2D eigenvalue weighted by atomic mass is 9.75. The third-order valence-corrected chi connectivity index (χ3v) is 7.68. The van der Waals surface area contributed by atoms with Crippen LogP contribution in [0, 0.1) is 26.2 Å². The molecule has 0 aliphatic heterocycles. The standard InChI is InChI=1S/C17H24Br2/c1-5-17(8-6-7-9-17)16(19)14-11(2)10-12(3)15(18)13(14)4/h10,16H,5-9H2,1-4H3. The van der Waals surface area contributed by atoms with Crippen molar-refractivity contribution in [2.75, 3.05) is 0 Å². The number of halogens is 2. The summed E-state index contributed by atoms with van der Waals surface area (Å²) in [6, 6.07) is 2.32. The largest absolute Gasteiger partial charge is 0.0832 e. The molecule has 106 valence electrons. The van der Waals surface area contributed by atoms with Crippen molar-refractivity contribution in [3.63, 3.8) is 0 Å². The van der Waals surface area contributed by atoms with Gasteiger partial charge in [-0.05, 0) is 67.7 Å². The van der Waals surface area contributed by atoms with E-state index >= 15 is 0 Å². The van der Waals surface area contributed by atoms with Crippen LogP contribution in [0.4, 0.5) is 0 Å². The minimum absolute atomic E-state index is 0.463. The topological polar surface area (TPSA) is 0 Å². The Morgan fingerprint density at radius 3 is 2.26 bits per heavy atom. The van der Waals surface area contributed by atoms with Gasteiger partial charge < -0.3 is 0 Å². The summed E-state index contributed by atoms with van der Waals surface area (Å²) < 4.78 is 1.28. The number of rotatable bonds is 3. The van der Waals surface area contributed by atoms with E-state index in [1.807, 2.05) is 0 Å². The second kappa shape index (κ2) is 5.89. The molecule has 0 amide bonds. The average molecular weight is 388 g/mol. The lowest BCUT2D eigenvalue weighted by molar-refractivity contribution is 0.278. The van der Waals surface area contributed by atoms with Gasteiger partial charge in [0.25, 0.3) is 0 Å². The Morgan fingerprint density at radius 1 is 1.16 bits per heavy atom. The number of benzene rings is 1. The molecule has 0 N–H and O–H groups in total. The Labute approximate surface area is 134 Å². The van der Waals surface area contributed by atoms with E-state index in [1.54, 1.807) is 0 Å². The molecule has 0 heterocycles. The Hall–Kier alpha value is 0.180. The van der Waals surface area contributed by atoms with E-state index in [4.69, 9.17) is 0 Å².